The molecule has 1 aliphatic rings. The molecular weight excluding hydrogens is 469 g/mol. The van der Waals surface area contributed by atoms with Gasteiger partial charge >= 0.3 is 12.1 Å². The van der Waals surface area contributed by atoms with Crippen molar-refractivity contribution in [3.05, 3.63) is 29.6 Å². The fraction of sp³-hybridized carbons (Fsp3) is 0.609. The molecule has 1 unspecified atom stereocenters. The van der Waals surface area contributed by atoms with Gasteiger partial charge in [0.2, 0.25) is 11.0 Å². The molecule has 1 fully saturated rings. The summed E-state index contributed by atoms with van der Waals surface area (Å²) in [6.45, 7) is 6.72. The molecule has 3 N–H and O–H groups in total. The zero-order valence-electron chi connectivity index (χ0n) is 19.5. The van der Waals surface area contributed by atoms with Gasteiger partial charge in [0.15, 0.2) is 0 Å². The van der Waals surface area contributed by atoms with E-state index in [4.69, 9.17) is 0 Å². The molecule has 0 bridgehead atoms. The van der Waals surface area contributed by atoms with Crippen LogP contribution in [0, 0.1) is 5.92 Å². The summed E-state index contributed by atoms with van der Waals surface area (Å²) < 4.78 is 42.5. The Morgan fingerprint density at radius 3 is 2.47 bits per heavy atom. The molecule has 0 aliphatic heterocycles. The predicted molar refractivity (Wildman–Crippen MR) is 126 cm³/mol. The Balaban J connectivity index is 2.00. The summed E-state index contributed by atoms with van der Waals surface area (Å²) in [5.74, 6) is -2.08. The van der Waals surface area contributed by atoms with Gasteiger partial charge in [-0.15, -0.1) is 0 Å². The lowest BCUT2D eigenvalue weighted by molar-refractivity contribution is -0.144. The first-order valence-corrected chi connectivity index (χ1v) is 12.2. The van der Waals surface area contributed by atoms with Crippen LogP contribution in [0.2, 0.25) is 0 Å². The first-order chi connectivity index (χ1) is 15.9. The fourth-order valence-corrected chi connectivity index (χ4v) is 4.90. The molecule has 2 aromatic rings. The van der Waals surface area contributed by atoms with Crippen molar-refractivity contribution >= 4 is 34.0 Å². The lowest BCUT2D eigenvalue weighted by Gasteiger charge is -2.39. The van der Waals surface area contributed by atoms with Gasteiger partial charge < -0.3 is 20.4 Å². The Morgan fingerprint density at radius 1 is 1.24 bits per heavy atom. The molecule has 188 valence electrons. The Labute approximate surface area is 201 Å². The van der Waals surface area contributed by atoms with Gasteiger partial charge in [-0.25, -0.2) is 0 Å². The maximum Gasteiger partial charge on any atom is 0.452 e. The number of hydrogen-bond donors (Lipinski definition) is 3. The number of hydrogen-bond acceptors (Lipinski definition) is 7. The molecule has 34 heavy (non-hydrogen) atoms. The third-order valence-electron chi connectivity index (χ3n) is 5.97. The van der Waals surface area contributed by atoms with Crippen LogP contribution in [0.5, 0.6) is 0 Å². The molecule has 1 aliphatic carbocycles. The van der Waals surface area contributed by atoms with Crippen LogP contribution in [0.1, 0.15) is 70.2 Å². The molecule has 1 saturated carbocycles. The van der Waals surface area contributed by atoms with E-state index >= 15 is 0 Å². The Kier molecular flexibility index (Phi) is 8.40. The summed E-state index contributed by atoms with van der Waals surface area (Å²) in [5, 5.41) is 22.2. The number of carbonyl (C=O) groups is 1. The Hall–Kier alpha value is -2.40. The molecule has 0 saturated heterocycles. The first-order valence-electron chi connectivity index (χ1n) is 11.4. The smallest absolute Gasteiger partial charge is 0.452 e. The summed E-state index contributed by atoms with van der Waals surface area (Å²) in [6.07, 6.45) is -2.00. The van der Waals surface area contributed by atoms with Crippen LogP contribution in [-0.2, 0) is 11.0 Å². The zero-order chi connectivity index (χ0) is 25.0. The molecule has 1 aromatic carbocycles. The minimum Gasteiger partial charge on any atom is -0.481 e. The molecule has 1 heterocycles. The van der Waals surface area contributed by atoms with E-state index < -0.39 is 18.0 Å². The molecule has 0 spiro atoms. The second-order valence-electron chi connectivity index (χ2n) is 9.33. The molecule has 1 atom stereocenters. The highest BCUT2D eigenvalue weighted by Crippen LogP contribution is 2.38. The summed E-state index contributed by atoms with van der Waals surface area (Å²) in [7, 11) is 0. The summed E-state index contributed by atoms with van der Waals surface area (Å²) in [5.41, 5.74) is 2.13. The topological polar surface area (TPSA) is 98.6 Å². The second kappa shape index (κ2) is 10.9. The average molecular weight is 501 g/mol. The summed E-state index contributed by atoms with van der Waals surface area (Å²) in [4.78, 5) is 17.1. The van der Waals surface area contributed by atoms with Gasteiger partial charge in [0.05, 0.1) is 23.9 Å². The highest BCUT2D eigenvalue weighted by molar-refractivity contribution is 7.09. The molecule has 0 amide bonds. The van der Waals surface area contributed by atoms with Crippen molar-refractivity contribution in [3.63, 3.8) is 0 Å². The number of benzene rings is 1. The van der Waals surface area contributed by atoms with Crippen LogP contribution in [0.25, 0.3) is 0 Å². The number of carboxylic acids is 1. The van der Waals surface area contributed by atoms with Crippen LogP contribution in [0.3, 0.4) is 0 Å². The van der Waals surface area contributed by atoms with Crippen LogP contribution in [0.4, 0.5) is 29.7 Å². The minimum absolute atomic E-state index is 0.0141. The molecule has 0 radical (unpaired) electrons. The number of aromatic nitrogens is 2. The molecule has 3 rings (SSSR count). The lowest BCUT2D eigenvalue weighted by atomic mass is 9.90. The third-order valence-corrected chi connectivity index (χ3v) is 6.60. The average Bonchev–Trinajstić information content (AvgIpc) is 3.21. The number of aliphatic hydroxyl groups excluding tert-OH is 1. The lowest BCUT2D eigenvalue weighted by Crippen LogP contribution is -2.41. The van der Waals surface area contributed by atoms with Crippen LogP contribution >= 0.6 is 11.5 Å². The predicted octanol–water partition coefficient (Wildman–Crippen LogP) is 5.64. The monoisotopic (exact) mass is 500 g/mol. The maximum atomic E-state index is 13.0. The van der Waals surface area contributed by atoms with E-state index in [0.717, 1.165) is 30.6 Å². The van der Waals surface area contributed by atoms with Crippen molar-refractivity contribution < 1.29 is 28.2 Å². The molecule has 7 nitrogen and oxygen atoms in total. The van der Waals surface area contributed by atoms with Gasteiger partial charge in [0, 0.05) is 24.1 Å². The largest absolute Gasteiger partial charge is 0.481 e. The van der Waals surface area contributed by atoms with Gasteiger partial charge in [-0.05, 0) is 55.2 Å². The summed E-state index contributed by atoms with van der Waals surface area (Å²) >= 11 is 0.628. The van der Waals surface area contributed by atoms with Crippen LogP contribution in [-0.4, -0.2) is 44.2 Å². The molecule has 11 heteroatoms. The van der Waals surface area contributed by atoms with Crippen LogP contribution < -0.4 is 10.2 Å². The van der Waals surface area contributed by atoms with Crippen molar-refractivity contribution in [1.29, 1.82) is 0 Å². The van der Waals surface area contributed by atoms with E-state index in [2.05, 4.69) is 33.4 Å². The van der Waals surface area contributed by atoms with Gasteiger partial charge in [-0.2, -0.15) is 22.5 Å². The molecule has 1 aromatic heterocycles. The van der Waals surface area contributed by atoms with Gasteiger partial charge in [-0.3, -0.25) is 4.79 Å². The van der Waals surface area contributed by atoms with E-state index in [1.807, 2.05) is 12.1 Å². The van der Waals surface area contributed by atoms with Crippen molar-refractivity contribution in [3.8, 4) is 0 Å². The van der Waals surface area contributed by atoms with E-state index in [-0.39, 0.29) is 29.6 Å². The highest BCUT2D eigenvalue weighted by atomic mass is 32.1. The number of halogens is 3. The van der Waals surface area contributed by atoms with E-state index in [9.17, 15) is 28.2 Å². The zero-order valence-corrected chi connectivity index (χ0v) is 20.3. The fourth-order valence-electron chi connectivity index (χ4n) is 4.30. The van der Waals surface area contributed by atoms with Crippen molar-refractivity contribution in [1.82, 2.24) is 9.36 Å². The van der Waals surface area contributed by atoms with Crippen molar-refractivity contribution in [2.75, 3.05) is 16.8 Å². The Bertz CT molecular complexity index is 975. The number of nitrogens with one attached hydrogen (secondary N) is 1. The highest BCUT2D eigenvalue weighted by Gasteiger charge is 2.36. The maximum absolute atomic E-state index is 13.0. The normalized spacial score (nSPS) is 19.8. The van der Waals surface area contributed by atoms with E-state index in [0.29, 0.717) is 36.0 Å². The second-order valence-corrected chi connectivity index (χ2v) is 10.1. The van der Waals surface area contributed by atoms with Crippen molar-refractivity contribution in [2.45, 2.75) is 77.1 Å². The van der Waals surface area contributed by atoms with Gasteiger partial charge in [-0.1, -0.05) is 26.8 Å². The number of carboxylic acid groups (broad SMARTS) is 1. The van der Waals surface area contributed by atoms with Crippen LogP contribution in [0.15, 0.2) is 18.2 Å². The van der Waals surface area contributed by atoms with Gasteiger partial charge in [0.1, 0.15) is 0 Å². The standard InChI is InChI=1S/C23H31F3N4O3S/c1-13(2)12-30(16-5-7-17(31)8-6-16)19-9-4-15(14(3)10-20(32)33)11-18(19)27-22-28-21(29-34-22)23(24,25)26/h4,9,11,13-14,16-17,31H,5-8,10,12H2,1-3H3,(H,32,33)(H,27,28,29). The molecular formula is C23H31F3N4O3S. The number of alkyl halides is 3. The van der Waals surface area contributed by atoms with Gasteiger partial charge in [0.25, 0.3) is 0 Å². The third kappa shape index (κ3) is 6.82. The number of aliphatic carboxylic acids is 1. The summed E-state index contributed by atoms with van der Waals surface area (Å²) in [6, 6.07) is 5.74. The van der Waals surface area contributed by atoms with E-state index in [1.165, 1.54) is 0 Å². The SMILES string of the molecule is CC(C)CN(c1ccc(C(C)CC(=O)O)cc1Nc1nc(C(F)(F)F)ns1)C1CCC(O)CC1. The number of aliphatic hydroxyl groups is 1. The Morgan fingerprint density at radius 2 is 1.91 bits per heavy atom. The quantitative estimate of drug-likeness (QED) is 0.410. The minimum atomic E-state index is -4.64. The number of anilines is 3. The van der Waals surface area contributed by atoms with E-state index in [1.54, 1.807) is 13.0 Å². The first kappa shape index (κ1) is 26.2. The number of rotatable bonds is 9. The number of nitrogens with zero attached hydrogens (tertiary/aromatic N) is 3. The van der Waals surface area contributed by atoms with Crippen molar-refractivity contribution in [2.24, 2.45) is 5.92 Å².